The lowest BCUT2D eigenvalue weighted by atomic mass is 10.1. The number of carbonyl (C=O) groups is 1. The van der Waals surface area contributed by atoms with Gasteiger partial charge in [0.15, 0.2) is 0 Å². The number of fused-ring (bicyclic) bond motifs is 1. The van der Waals surface area contributed by atoms with E-state index >= 15 is 0 Å². The molecule has 0 aliphatic heterocycles. The molecule has 0 aliphatic carbocycles. The highest BCUT2D eigenvalue weighted by Crippen LogP contribution is 2.30. The minimum absolute atomic E-state index is 0.0875. The van der Waals surface area contributed by atoms with Crippen LogP contribution >= 0.6 is 11.3 Å². The summed E-state index contributed by atoms with van der Waals surface area (Å²) in [5, 5.41) is 10.2. The first-order valence-corrected chi connectivity index (χ1v) is 7.76. The van der Waals surface area contributed by atoms with E-state index in [0.717, 1.165) is 20.5 Å². The summed E-state index contributed by atoms with van der Waals surface area (Å²) in [6.45, 7) is 2.39. The van der Waals surface area contributed by atoms with E-state index in [2.05, 4.69) is 15.5 Å². The number of carbonyl (C=O) groups excluding carboxylic acids is 1. The second kappa shape index (κ2) is 5.76. The van der Waals surface area contributed by atoms with E-state index in [1.54, 1.807) is 18.4 Å². The zero-order valence-corrected chi connectivity index (χ0v) is 13.2. The Bertz CT molecular complexity index is 890. The van der Waals surface area contributed by atoms with Gasteiger partial charge in [-0.1, -0.05) is 18.2 Å². The number of aromatic nitrogens is 3. The highest BCUT2D eigenvalue weighted by Gasteiger charge is 2.16. The third kappa shape index (κ3) is 2.55. The summed E-state index contributed by atoms with van der Waals surface area (Å²) in [7, 11) is 1.65. The number of benzene rings is 1. The fourth-order valence-electron chi connectivity index (χ4n) is 2.43. The highest BCUT2D eigenvalue weighted by atomic mass is 32.1. The maximum Gasteiger partial charge on any atom is 0.343 e. The van der Waals surface area contributed by atoms with E-state index in [1.165, 1.54) is 4.57 Å². The molecule has 0 bridgehead atoms. The molecule has 1 amide bonds. The number of aryl methyl sites for hydroxylation is 1. The molecule has 3 aromatic rings. The fraction of sp³-hybridized carbons (Fsp3) is 0.267. The van der Waals surface area contributed by atoms with Crippen LogP contribution in [-0.2, 0) is 13.5 Å². The quantitative estimate of drug-likeness (QED) is 0.767. The van der Waals surface area contributed by atoms with Crippen molar-refractivity contribution in [1.82, 2.24) is 20.1 Å². The summed E-state index contributed by atoms with van der Waals surface area (Å²) in [6, 6.07) is 7.89. The van der Waals surface area contributed by atoms with Crippen molar-refractivity contribution in [2.75, 3.05) is 6.54 Å². The molecule has 22 heavy (non-hydrogen) atoms. The molecular weight excluding hydrogens is 300 g/mol. The van der Waals surface area contributed by atoms with Gasteiger partial charge in [-0.15, -0.1) is 11.3 Å². The molecule has 2 N–H and O–H groups in total. The van der Waals surface area contributed by atoms with Crippen molar-refractivity contribution in [1.29, 1.82) is 0 Å². The summed E-state index contributed by atoms with van der Waals surface area (Å²) in [6.07, 6.45) is 0.502. The molecule has 0 fully saturated rings. The van der Waals surface area contributed by atoms with Gasteiger partial charge in [0.2, 0.25) is 0 Å². The molecule has 0 saturated carbocycles. The van der Waals surface area contributed by atoms with Crippen LogP contribution in [0.25, 0.3) is 10.1 Å². The Hall–Kier alpha value is -2.41. The minimum atomic E-state index is -0.249. The van der Waals surface area contributed by atoms with Gasteiger partial charge in [-0.3, -0.25) is 9.36 Å². The smallest absolute Gasteiger partial charge is 0.343 e. The third-order valence-corrected chi connectivity index (χ3v) is 4.69. The Morgan fingerprint density at radius 3 is 2.91 bits per heavy atom. The van der Waals surface area contributed by atoms with E-state index in [4.69, 9.17) is 0 Å². The van der Waals surface area contributed by atoms with Gasteiger partial charge in [-0.25, -0.2) is 9.89 Å². The predicted molar refractivity (Wildman–Crippen MR) is 86.4 cm³/mol. The summed E-state index contributed by atoms with van der Waals surface area (Å²) in [5.41, 5.74) is 0.484. The number of hydrogen-bond donors (Lipinski definition) is 2. The normalized spacial score (nSPS) is 11.0. The zero-order chi connectivity index (χ0) is 15.7. The summed E-state index contributed by atoms with van der Waals surface area (Å²) in [5.74, 6) is 0.535. The van der Waals surface area contributed by atoms with E-state index in [-0.39, 0.29) is 11.6 Å². The van der Waals surface area contributed by atoms with Crippen LogP contribution in [0.1, 0.15) is 21.1 Å². The molecule has 1 aromatic carbocycles. The van der Waals surface area contributed by atoms with Crippen LogP contribution in [0.15, 0.2) is 29.1 Å². The van der Waals surface area contributed by atoms with Gasteiger partial charge in [0, 0.05) is 35.0 Å². The Morgan fingerprint density at radius 1 is 1.41 bits per heavy atom. The molecule has 114 valence electrons. The monoisotopic (exact) mass is 316 g/mol. The number of nitrogens with zero attached hydrogens (tertiary/aromatic N) is 2. The predicted octanol–water partition coefficient (Wildman–Crippen LogP) is 1.60. The van der Waals surface area contributed by atoms with Crippen molar-refractivity contribution < 1.29 is 4.79 Å². The van der Waals surface area contributed by atoms with Gasteiger partial charge >= 0.3 is 5.69 Å². The number of nitrogens with one attached hydrogen (secondary N) is 2. The van der Waals surface area contributed by atoms with Gasteiger partial charge in [-0.2, -0.15) is 5.10 Å². The van der Waals surface area contributed by atoms with Gasteiger partial charge < -0.3 is 5.32 Å². The Kier molecular flexibility index (Phi) is 3.81. The number of thiophene rings is 1. The van der Waals surface area contributed by atoms with Crippen molar-refractivity contribution in [2.45, 2.75) is 13.3 Å². The van der Waals surface area contributed by atoms with Crippen LogP contribution in [0.3, 0.4) is 0 Å². The second-order valence-corrected chi connectivity index (χ2v) is 6.30. The van der Waals surface area contributed by atoms with Crippen LogP contribution in [0.4, 0.5) is 0 Å². The topological polar surface area (TPSA) is 79.8 Å². The van der Waals surface area contributed by atoms with Crippen LogP contribution in [0.2, 0.25) is 0 Å². The largest absolute Gasteiger partial charge is 0.352 e. The Morgan fingerprint density at radius 2 is 2.18 bits per heavy atom. The average molecular weight is 316 g/mol. The molecule has 2 aromatic heterocycles. The van der Waals surface area contributed by atoms with Crippen molar-refractivity contribution in [3.8, 4) is 0 Å². The molecule has 0 saturated heterocycles. The second-order valence-electron chi connectivity index (χ2n) is 5.04. The van der Waals surface area contributed by atoms with Crippen molar-refractivity contribution in [3.63, 3.8) is 0 Å². The number of hydrogen-bond acceptors (Lipinski definition) is 4. The van der Waals surface area contributed by atoms with Crippen LogP contribution in [0.5, 0.6) is 0 Å². The summed E-state index contributed by atoms with van der Waals surface area (Å²) < 4.78 is 2.55. The van der Waals surface area contributed by atoms with Crippen molar-refractivity contribution in [2.24, 2.45) is 7.05 Å². The highest BCUT2D eigenvalue weighted by molar-refractivity contribution is 7.19. The molecule has 0 unspecified atom stereocenters. The minimum Gasteiger partial charge on any atom is -0.352 e. The molecular formula is C15H16N4O2S. The Balaban J connectivity index is 1.73. The molecule has 0 spiro atoms. The molecule has 3 rings (SSSR count). The zero-order valence-electron chi connectivity index (χ0n) is 12.3. The fourth-order valence-corrected chi connectivity index (χ4v) is 3.49. The first-order valence-electron chi connectivity index (χ1n) is 6.94. The lowest BCUT2D eigenvalue weighted by molar-refractivity contribution is 0.0955. The van der Waals surface area contributed by atoms with Crippen LogP contribution in [-0.4, -0.2) is 27.2 Å². The number of H-pyrrole nitrogens is 1. The van der Waals surface area contributed by atoms with Crippen molar-refractivity contribution in [3.05, 3.63) is 51.0 Å². The van der Waals surface area contributed by atoms with Gasteiger partial charge in [-0.05, 0) is 13.0 Å². The molecule has 0 radical (unpaired) electrons. The SMILES string of the molecule is Cc1sc2ccccc2c1C(=O)NCCc1n[nH]c(=O)n1C. The standard InChI is InChI=1S/C15H16N4O2S/c1-9-13(10-5-3-4-6-11(10)22-9)14(20)16-8-7-12-17-18-15(21)19(12)2/h3-6H,7-8H2,1-2H3,(H,16,20)(H,18,21). The number of amides is 1. The molecule has 7 heteroatoms. The number of aromatic amines is 1. The van der Waals surface area contributed by atoms with Gasteiger partial charge in [0.1, 0.15) is 5.82 Å². The van der Waals surface area contributed by atoms with E-state index < -0.39 is 0 Å². The maximum atomic E-state index is 12.4. The number of rotatable bonds is 4. The van der Waals surface area contributed by atoms with E-state index in [1.807, 2.05) is 31.2 Å². The molecule has 6 nitrogen and oxygen atoms in total. The van der Waals surface area contributed by atoms with Gasteiger partial charge in [0.25, 0.3) is 5.91 Å². The first kappa shape index (κ1) is 14.5. The van der Waals surface area contributed by atoms with E-state index in [0.29, 0.717) is 18.8 Å². The Labute approximate surface area is 130 Å². The lowest BCUT2D eigenvalue weighted by Crippen LogP contribution is -2.27. The molecule has 0 aliphatic rings. The maximum absolute atomic E-state index is 12.4. The first-order chi connectivity index (χ1) is 10.6. The lowest BCUT2D eigenvalue weighted by Gasteiger charge is -2.05. The van der Waals surface area contributed by atoms with Gasteiger partial charge in [0.05, 0.1) is 5.56 Å². The summed E-state index contributed by atoms with van der Waals surface area (Å²) >= 11 is 1.62. The van der Waals surface area contributed by atoms with E-state index in [9.17, 15) is 9.59 Å². The molecule has 0 atom stereocenters. The summed E-state index contributed by atoms with van der Waals surface area (Å²) in [4.78, 5) is 24.7. The van der Waals surface area contributed by atoms with Crippen LogP contribution in [0, 0.1) is 6.92 Å². The molecule has 2 heterocycles. The average Bonchev–Trinajstić information content (AvgIpc) is 3.00. The van der Waals surface area contributed by atoms with Crippen LogP contribution < -0.4 is 11.0 Å². The third-order valence-electron chi connectivity index (χ3n) is 3.61. The van der Waals surface area contributed by atoms with Crippen molar-refractivity contribution >= 4 is 27.3 Å².